The number of hydrogen-bond donors (Lipinski definition) is 0. The minimum atomic E-state index is -1.32. The van der Waals surface area contributed by atoms with Crippen molar-refractivity contribution in [3.05, 3.63) is 41.3 Å². The van der Waals surface area contributed by atoms with Gasteiger partial charge in [0.2, 0.25) is 6.36 Å². The van der Waals surface area contributed by atoms with Crippen LogP contribution in [0.5, 0.6) is 5.75 Å². The van der Waals surface area contributed by atoms with Gasteiger partial charge in [0.25, 0.3) is 0 Å². The first-order chi connectivity index (χ1) is 15.7. The highest BCUT2D eigenvalue weighted by molar-refractivity contribution is 8.11. The zero-order valence-corrected chi connectivity index (χ0v) is 22.3. The summed E-state index contributed by atoms with van der Waals surface area (Å²) in [6, 6.07) is 6.19. The number of benzene rings is 1. The Kier molecular flexibility index (Phi) is 8.96. The number of halogens is 1. The number of thioether (sulfide) groups is 1. The largest absolute Gasteiger partial charge is 0.459 e. The fraction of sp³-hybridized carbons (Fsp3) is 0.643. The lowest BCUT2D eigenvalue weighted by molar-refractivity contribution is 0.0174. The summed E-state index contributed by atoms with van der Waals surface area (Å²) in [4.78, 5) is 7.11. The fourth-order valence-corrected chi connectivity index (χ4v) is 5.72. The summed E-state index contributed by atoms with van der Waals surface area (Å²) in [7, 11) is 2.21. The molecular weight excluding hydrogens is 431 g/mol. The summed E-state index contributed by atoms with van der Waals surface area (Å²) in [5.41, 5.74) is 2.53. The van der Waals surface area contributed by atoms with Crippen LogP contribution in [0.2, 0.25) is 0 Å². The number of rotatable bonds is 11. The molecule has 2 aliphatic heterocycles. The molecule has 3 nitrogen and oxygen atoms in total. The lowest BCUT2D eigenvalue weighted by Crippen LogP contribution is -2.57. The van der Waals surface area contributed by atoms with E-state index in [0.29, 0.717) is 17.1 Å². The van der Waals surface area contributed by atoms with Crippen LogP contribution in [0.25, 0.3) is 4.91 Å². The van der Waals surface area contributed by atoms with Gasteiger partial charge in [0.05, 0.1) is 0 Å². The van der Waals surface area contributed by atoms with Crippen molar-refractivity contribution in [2.75, 3.05) is 38.1 Å². The van der Waals surface area contributed by atoms with Crippen LogP contribution in [0.1, 0.15) is 65.9 Å². The van der Waals surface area contributed by atoms with Crippen LogP contribution in [0.3, 0.4) is 0 Å². The predicted molar refractivity (Wildman–Crippen MR) is 143 cm³/mol. The van der Waals surface area contributed by atoms with Gasteiger partial charge in [0, 0.05) is 47.1 Å². The molecule has 2 saturated heterocycles. The zero-order chi connectivity index (χ0) is 24.2. The smallest absolute Gasteiger partial charge is 0.241 e. The molecule has 1 aromatic carbocycles. The quantitative estimate of drug-likeness (QED) is 0.328. The van der Waals surface area contributed by atoms with Gasteiger partial charge in [-0.2, -0.15) is 0 Å². The van der Waals surface area contributed by atoms with Crippen LogP contribution in [0.15, 0.2) is 35.8 Å². The fourth-order valence-electron chi connectivity index (χ4n) is 4.69. The molecule has 0 bridgehead atoms. The molecule has 2 aliphatic rings. The second-order valence-electron chi connectivity index (χ2n) is 10.3. The van der Waals surface area contributed by atoms with Crippen molar-refractivity contribution in [1.82, 2.24) is 4.90 Å². The van der Waals surface area contributed by atoms with Crippen LogP contribution >= 0.6 is 11.8 Å². The Labute approximate surface area is 205 Å². The number of alkyl halides is 1. The molecule has 3 rings (SSSR count). The minimum Gasteiger partial charge on any atom is -0.459 e. The molecule has 5 heteroatoms. The summed E-state index contributed by atoms with van der Waals surface area (Å²) >= 11 is 1.70. The van der Waals surface area contributed by atoms with E-state index < -0.39 is 6.36 Å². The molecule has 3 atom stereocenters. The summed E-state index contributed by atoms with van der Waals surface area (Å²) in [6.45, 7) is 19.5. The van der Waals surface area contributed by atoms with Crippen molar-refractivity contribution >= 4 is 22.4 Å². The van der Waals surface area contributed by atoms with Gasteiger partial charge in [-0.1, -0.05) is 65.5 Å². The SMILES string of the molecule is C=C(S/C(=C\C(C)CC)CC)c1cc(N2CC3(CCN(C)C3)C2)ccc1OC(F)C(C)CC. The van der Waals surface area contributed by atoms with Crippen molar-refractivity contribution in [3.8, 4) is 5.75 Å². The molecule has 0 amide bonds. The number of hydrogen-bond acceptors (Lipinski definition) is 4. The maximum atomic E-state index is 14.8. The molecule has 2 heterocycles. The van der Waals surface area contributed by atoms with E-state index in [4.69, 9.17) is 4.74 Å². The standard InChI is InChI=1S/C28H43FN2OS/c1-8-20(4)15-24(10-3)33-22(6)25-16-23(11-12-26(25)32-27(29)21(5)9-2)31-18-28(19-31)13-14-30(7)17-28/h11-12,15-16,20-21,27H,6,8-10,13-14,17-19H2,1-5,7H3/b24-15-. The first-order valence-electron chi connectivity index (χ1n) is 12.7. The molecule has 3 unspecified atom stereocenters. The average molecular weight is 475 g/mol. The number of likely N-dealkylation sites (tertiary alicyclic amines) is 1. The van der Waals surface area contributed by atoms with Gasteiger partial charge in [-0.15, -0.1) is 0 Å². The summed E-state index contributed by atoms with van der Waals surface area (Å²) in [5.74, 6) is 0.980. The van der Waals surface area contributed by atoms with E-state index in [9.17, 15) is 4.39 Å². The van der Waals surface area contributed by atoms with Gasteiger partial charge < -0.3 is 14.5 Å². The van der Waals surface area contributed by atoms with Crippen molar-refractivity contribution < 1.29 is 9.13 Å². The van der Waals surface area contributed by atoms with Gasteiger partial charge >= 0.3 is 0 Å². The number of anilines is 1. The molecular formula is C28H43FN2OS. The predicted octanol–water partition coefficient (Wildman–Crippen LogP) is 7.59. The number of allylic oxidation sites excluding steroid dienone is 2. The van der Waals surface area contributed by atoms with Crippen LogP contribution in [0.4, 0.5) is 10.1 Å². The van der Waals surface area contributed by atoms with Crippen molar-refractivity contribution in [1.29, 1.82) is 0 Å². The molecule has 0 radical (unpaired) electrons. The van der Waals surface area contributed by atoms with Crippen molar-refractivity contribution in [2.45, 2.75) is 66.7 Å². The number of ether oxygens (including phenoxy) is 1. The lowest BCUT2D eigenvalue weighted by atomic mass is 9.78. The third kappa shape index (κ3) is 6.36. The Morgan fingerprint density at radius 1 is 1.21 bits per heavy atom. The molecule has 0 aromatic heterocycles. The van der Waals surface area contributed by atoms with E-state index in [-0.39, 0.29) is 5.92 Å². The highest BCUT2D eigenvalue weighted by Gasteiger charge is 2.46. The van der Waals surface area contributed by atoms with Gasteiger partial charge in [0.1, 0.15) is 5.75 Å². The molecule has 1 aromatic rings. The summed E-state index contributed by atoms with van der Waals surface area (Å²) < 4.78 is 20.6. The molecule has 1 spiro atoms. The second-order valence-corrected chi connectivity index (χ2v) is 11.5. The molecule has 0 N–H and O–H groups in total. The van der Waals surface area contributed by atoms with Gasteiger partial charge in [0.15, 0.2) is 0 Å². The maximum absolute atomic E-state index is 14.8. The zero-order valence-electron chi connectivity index (χ0n) is 21.5. The molecule has 184 valence electrons. The normalized spacial score (nSPS) is 21.1. The van der Waals surface area contributed by atoms with Gasteiger partial charge in [-0.25, -0.2) is 4.39 Å². The Morgan fingerprint density at radius 3 is 2.52 bits per heavy atom. The van der Waals surface area contributed by atoms with E-state index in [1.807, 2.05) is 19.9 Å². The highest BCUT2D eigenvalue weighted by Crippen LogP contribution is 2.45. The van der Waals surface area contributed by atoms with E-state index in [0.717, 1.165) is 42.8 Å². The maximum Gasteiger partial charge on any atom is 0.241 e. The summed E-state index contributed by atoms with van der Waals surface area (Å²) in [6.07, 6.45) is 5.12. The third-order valence-electron chi connectivity index (χ3n) is 7.36. The number of nitrogens with zero attached hydrogens (tertiary/aromatic N) is 2. The van der Waals surface area contributed by atoms with E-state index in [1.54, 1.807) is 11.8 Å². The molecule has 2 fully saturated rings. The second kappa shape index (κ2) is 11.3. The Bertz CT molecular complexity index is 848. The molecule has 0 saturated carbocycles. The topological polar surface area (TPSA) is 15.7 Å². The van der Waals surface area contributed by atoms with Crippen LogP contribution in [-0.4, -0.2) is 44.5 Å². The summed E-state index contributed by atoms with van der Waals surface area (Å²) in [5, 5.41) is 0. The Hall–Kier alpha value is -1.46. The average Bonchev–Trinajstić information content (AvgIpc) is 3.19. The highest BCUT2D eigenvalue weighted by atomic mass is 32.2. The van der Waals surface area contributed by atoms with E-state index in [1.165, 1.54) is 30.1 Å². The first-order valence-corrected chi connectivity index (χ1v) is 13.5. The molecule has 0 aliphatic carbocycles. The van der Waals surface area contributed by atoms with Gasteiger partial charge in [-0.3, -0.25) is 0 Å². The van der Waals surface area contributed by atoms with Crippen molar-refractivity contribution in [2.24, 2.45) is 17.3 Å². The van der Waals surface area contributed by atoms with Crippen LogP contribution < -0.4 is 9.64 Å². The van der Waals surface area contributed by atoms with Crippen LogP contribution in [0, 0.1) is 17.3 Å². The van der Waals surface area contributed by atoms with Crippen LogP contribution in [-0.2, 0) is 0 Å². The van der Waals surface area contributed by atoms with E-state index in [2.05, 4.69) is 62.4 Å². The Morgan fingerprint density at radius 2 is 1.94 bits per heavy atom. The van der Waals surface area contributed by atoms with Crippen molar-refractivity contribution in [3.63, 3.8) is 0 Å². The third-order valence-corrected chi connectivity index (χ3v) is 8.51. The van der Waals surface area contributed by atoms with E-state index >= 15 is 0 Å². The monoisotopic (exact) mass is 474 g/mol. The van der Waals surface area contributed by atoms with Gasteiger partial charge in [-0.05, 0) is 61.9 Å². The minimum absolute atomic E-state index is 0.149. The lowest BCUT2D eigenvalue weighted by Gasteiger charge is -2.49. The molecule has 33 heavy (non-hydrogen) atoms. The Balaban J connectivity index is 1.83. The first kappa shape index (κ1) is 26.2.